The van der Waals surface area contributed by atoms with E-state index < -0.39 is 6.10 Å². The molecule has 0 bridgehead atoms. The van der Waals surface area contributed by atoms with Crippen molar-refractivity contribution in [1.29, 1.82) is 0 Å². The van der Waals surface area contributed by atoms with Crippen molar-refractivity contribution < 1.29 is 24.1 Å². The van der Waals surface area contributed by atoms with Crippen LogP contribution >= 0.6 is 0 Å². The standard InChI is InChI=1S/C18H32O5/c1-11(2)22-17(20)18(5)10-14(18)7-6-8-21-16-12(3)9-15(19)13(4)23-16/h11-16,19H,6-10H2,1-5H3/t12-,13+,14-,15-,16-,18+/m1/s1. The Labute approximate surface area is 139 Å². The fourth-order valence-corrected chi connectivity index (χ4v) is 3.33. The molecule has 0 radical (unpaired) electrons. The van der Waals surface area contributed by atoms with Gasteiger partial charge in [0.05, 0.1) is 23.7 Å². The van der Waals surface area contributed by atoms with E-state index in [4.69, 9.17) is 14.2 Å². The van der Waals surface area contributed by atoms with Gasteiger partial charge in [0.2, 0.25) is 0 Å². The molecule has 0 aromatic carbocycles. The normalized spacial score (nSPS) is 40.2. The topological polar surface area (TPSA) is 65.0 Å². The molecule has 134 valence electrons. The predicted octanol–water partition coefficient (Wildman–Crippen LogP) is 2.89. The van der Waals surface area contributed by atoms with Crippen LogP contribution in [0.2, 0.25) is 0 Å². The zero-order valence-corrected chi connectivity index (χ0v) is 15.1. The summed E-state index contributed by atoms with van der Waals surface area (Å²) >= 11 is 0. The molecule has 0 spiro atoms. The number of rotatable bonds is 7. The maximum atomic E-state index is 12.0. The first kappa shape index (κ1) is 18.7. The van der Waals surface area contributed by atoms with Gasteiger partial charge >= 0.3 is 5.97 Å². The number of carbonyl (C=O) groups is 1. The Morgan fingerprint density at radius 3 is 2.74 bits per heavy atom. The molecule has 0 aromatic rings. The molecule has 5 nitrogen and oxygen atoms in total. The van der Waals surface area contributed by atoms with Crippen molar-refractivity contribution >= 4 is 5.97 Å². The van der Waals surface area contributed by atoms with Gasteiger partial charge in [-0.2, -0.15) is 0 Å². The highest BCUT2D eigenvalue weighted by Crippen LogP contribution is 2.55. The third-order valence-electron chi connectivity index (χ3n) is 5.17. The lowest BCUT2D eigenvalue weighted by molar-refractivity contribution is -0.241. The number of esters is 1. The molecule has 0 unspecified atom stereocenters. The van der Waals surface area contributed by atoms with Crippen LogP contribution in [0.3, 0.4) is 0 Å². The fraction of sp³-hybridized carbons (Fsp3) is 0.944. The Morgan fingerprint density at radius 2 is 2.09 bits per heavy atom. The maximum Gasteiger partial charge on any atom is 0.312 e. The summed E-state index contributed by atoms with van der Waals surface area (Å²) in [4.78, 5) is 12.0. The summed E-state index contributed by atoms with van der Waals surface area (Å²) in [5.41, 5.74) is -0.294. The minimum atomic E-state index is -0.399. The molecular formula is C18H32O5. The Morgan fingerprint density at radius 1 is 1.39 bits per heavy atom. The van der Waals surface area contributed by atoms with Crippen molar-refractivity contribution in [2.45, 2.75) is 84.9 Å². The lowest BCUT2D eigenvalue weighted by Crippen LogP contribution is -2.43. The van der Waals surface area contributed by atoms with E-state index in [0.29, 0.717) is 18.9 Å². The molecule has 1 saturated heterocycles. The largest absolute Gasteiger partial charge is 0.463 e. The van der Waals surface area contributed by atoms with Crippen molar-refractivity contribution in [3.63, 3.8) is 0 Å². The van der Waals surface area contributed by atoms with Gasteiger partial charge in [0.25, 0.3) is 0 Å². The van der Waals surface area contributed by atoms with E-state index in [1.54, 1.807) is 0 Å². The van der Waals surface area contributed by atoms with Gasteiger partial charge in [-0.25, -0.2) is 0 Å². The average molecular weight is 328 g/mol. The molecule has 0 aromatic heterocycles. The van der Waals surface area contributed by atoms with Crippen LogP contribution in [0.25, 0.3) is 0 Å². The number of carbonyl (C=O) groups excluding carboxylic acids is 1. The summed E-state index contributed by atoms with van der Waals surface area (Å²) in [6.45, 7) is 10.3. The monoisotopic (exact) mass is 328 g/mol. The van der Waals surface area contributed by atoms with Crippen LogP contribution in [0.5, 0.6) is 0 Å². The second-order valence-electron chi connectivity index (χ2n) is 7.78. The van der Waals surface area contributed by atoms with Gasteiger partial charge < -0.3 is 19.3 Å². The van der Waals surface area contributed by atoms with Crippen molar-refractivity contribution in [3.8, 4) is 0 Å². The smallest absolute Gasteiger partial charge is 0.312 e. The van der Waals surface area contributed by atoms with Gasteiger partial charge in [-0.15, -0.1) is 0 Å². The van der Waals surface area contributed by atoms with Crippen molar-refractivity contribution in [2.75, 3.05) is 6.61 Å². The molecule has 23 heavy (non-hydrogen) atoms. The highest BCUT2D eigenvalue weighted by Gasteiger charge is 2.56. The quantitative estimate of drug-likeness (QED) is 0.575. The zero-order chi connectivity index (χ0) is 17.2. The summed E-state index contributed by atoms with van der Waals surface area (Å²) < 4.78 is 16.9. The number of aliphatic hydroxyl groups is 1. The SMILES string of the molecule is CC(C)OC(=O)[C@@]1(C)C[C@H]1CCCO[C@@H]1O[C@@H](C)[C@H](O)C[C@H]1C. The van der Waals surface area contributed by atoms with Crippen LogP contribution in [0.1, 0.15) is 60.3 Å². The molecule has 1 aliphatic heterocycles. The molecule has 6 atom stereocenters. The molecule has 1 saturated carbocycles. The highest BCUT2D eigenvalue weighted by molar-refractivity contribution is 5.80. The second-order valence-corrected chi connectivity index (χ2v) is 7.78. The Bertz CT molecular complexity index is 410. The van der Waals surface area contributed by atoms with Crippen molar-refractivity contribution in [1.82, 2.24) is 0 Å². The number of hydrogen-bond donors (Lipinski definition) is 1. The van der Waals surface area contributed by atoms with Gasteiger partial charge in [0.15, 0.2) is 6.29 Å². The number of hydrogen-bond acceptors (Lipinski definition) is 5. The maximum absolute atomic E-state index is 12.0. The van der Waals surface area contributed by atoms with Gasteiger partial charge in [-0.1, -0.05) is 6.92 Å². The zero-order valence-electron chi connectivity index (χ0n) is 15.1. The molecule has 1 N–H and O–H groups in total. The molecule has 1 heterocycles. The first-order valence-electron chi connectivity index (χ1n) is 8.90. The number of ether oxygens (including phenoxy) is 3. The van der Waals surface area contributed by atoms with Gasteiger partial charge in [0.1, 0.15) is 0 Å². The van der Waals surface area contributed by atoms with Crippen LogP contribution in [0, 0.1) is 17.3 Å². The molecule has 2 rings (SSSR count). The summed E-state index contributed by atoms with van der Waals surface area (Å²) in [7, 11) is 0. The van der Waals surface area contributed by atoms with E-state index >= 15 is 0 Å². The summed E-state index contributed by atoms with van der Waals surface area (Å²) in [5.74, 6) is 0.543. The van der Waals surface area contributed by atoms with Crippen molar-refractivity contribution in [2.24, 2.45) is 17.3 Å². The van der Waals surface area contributed by atoms with Crippen LogP contribution in [-0.4, -0.2) is 42.3 Å². The summed E-state index contributed by atoms with van der Waals surface area (Å²) in [6, 6.07) is 0. The van der Waals surface area contributed by atoms with Gasteiger partial charge in [-0.05, 0) is 59.3 Å². The van der Waals surface area contributed by atoms with Crippen molar-refractivity contribution in [3.05, 3.63) is 0 Å². The minimum Gasteiger partial charge on any atom is -0.463 e. The molecule has 5 heteroatoms. The lowest BCUT2D eigenvalue weighted by atomic mass is 9.97. The van der Waals surface area contributed by atoms with E-state index in [1.165, 1.54) is 0 Å². The highest BCUT2D eigenvalue weighted by atomic mass is 16.7. The Hall–Kier alpha value is -0.650. The second kappa shape index (κ2) is 7.49. The number of aliphatic hydroxyl groups excluding tert-OH is 1. The minimum absolute atomic E-state index is 0.0498. The van der Waals surface area contributed by atoms with E-state index in [2.05, 4.69) is 0 Å². The van der Waals surface area contributed by atoms with Crippen LogP contribution in [0.4, 0.5) is 0 Å². The molecule has 1 aliphatic carbocycles. The van der Waals surface area contributed by atoms with Crippen LogP contribution in [0.15, 0.2) is 0 Å². The average Bonchev–Trinajstić information content (AvgIpc) is 3.12. The molecule has 2 fully saturated rings. The van der Waals surface area contributed by atoms with E-state index in [1.807, 2.05) is 34.6 Å². The first-order chi connectivity index (χ1) is 10.7. The molecular weight excluding hydrogens is 296 g/mol. The first-order valence-corrected chi connectivity index (χ1v) is 8.90. The Kier molecular flexibility index (Phi) is 6.09. The summed E-state index contributed by atoms with van der Waals surface area (Å²) in [6.07, 6.45) is 2.67. The van der Waals surface area contributed by atoms with Gasteiger partial charge in [-0.3, -0.25) is 4.79 Å². The van der Waals surface area contributed by atoms with E-state index in [9.17, 15) is 9.90 Å². The van der Waals surface area contributed by atoms with Crippen LogP contribution < -0.4 is 0 Å². The summed E-state index contributed by atoms with van der Waals surface area (Å²) in [5, 5.41) is 9.77. The lowest BCUT2D eigenvalue weighted by Gasteiger charge is -2.36. The van der Waals surface area contributed by atoms with Crippen LogP contribution in [-0.2, 0) is 19.0 Å². The third kappa shape index (κ3) is 4.68. The predicted molar refractivity (Wildman–Crippen MR) is 86.8 cm³/mol. The van der Waals surface area contributed by atoms with Gasteiger partial charge in [0, 0.05) is 12.5 Å². The van der Waals surface area contributed by atoms with E-state index in [0.717, 1.165) is 19.3 Å². The van der Waals surface area contributed by atoms with E-state index in [-0.39, 0.29) is 35.8 Å². The Balaban J connectivity index is 1.64. The molecule has 0 amide bonds. The molecule has 2 aliphatic rings. The third-order valence-corrected chi connectivity index (χ3v) is 5.17. The fourth-order valence-electron chi connectivity index (χ4n) is 3.33.